The predicted octanol–water partition coefficient (Wildman–Crippen LogP) is 2.00. The fourth-order valence-corrected chi connectivity index (χ4v) is 2.04. The monoisotopic (exact) mass is 246 g/mol. The first-order valence-electron chi connectivity index (χ1n) is 5.30. The van der Waals surface area contributed by atoms with Gasteiger partial charge in [0, 0.05) is 10.6 Å². The van der Waals surface area contributed by atoms with Crippen molar-refractivity contribution in [3.63, 3.8) is 0 Å². The van der Waals surface area contributed by atoms with Crippen molar-refractivity contribution in [2.45, 2.75) is 6.92 Å². The Kier molecular flexibility index (Phi) is 3.53. The molecule has 0 aliphatic heterocycles. The van der Waals surface area contributed by atoms with Crippen LogP contribution in [-0.4, -0.2) is 17.2 Å². The summed E-state index contributed by atoms with van der Waals surface area (Å²) >= 11 is 6.14. The molecule has 0 aliphatic rings. The number of aryl methyl sites for hydroxylation is 1. The van der Waals surface area contributed by atoms with E-state index in [1.54, 1.807) is 18.2 Å². The zero-order valence-electron chi connectivity index (χ0n) is 9.39. The molecule has 0 spiro atoms. The fourth-order valence-electron chi connectivity index (χ4n) is 1.74. The molecule has 0 aliphatic carbocycles. The molecule has 0 aromatic heterocycles. The van der Waals surface area contributed by atoms with Crippen LogP contribution in [0.4, 0.5) is 0 Å². The highest BCUT2D eigenvalue weighted by Gasteiger charge is 2.13. The van der Waals surface area contributed by atoms with E-state index < -0.39 is 7.12 Å². The Morgan fingerprint density at radius 1 is 1.06 bits per heavy atom. The van der Waals surface area contributed by atoms with E-state index in [2.05, 4.69) is 0 Å². The van der Waals surface area contributed by atoms with Gasteiger partial charge < -0.3 is 10.0 Å². The second-order valence-corrected chi connectivity index (χ2v) is 4.39. The first-order valence-corrected chi connectivity index (χ1v) is 5.68. The van der Waals surface area contributed by atoms with Gasteiger partial charge in [-0.05, 0) is 24.0 Å². The molecule has 2 aromatic carbocycles. The van der Waals surface area contributed by atoms with Crippen LogP contribution in [0.5, 0.6) is 0 Å². The smallest absolute Gasteiger partial charge is 0.423 e. The Bertz CT molecular complexity index is 541. The van der Waals surface area contributed by atoms with E-state index in [1.165, 1.54) is 0 Å². The van der Waals surface area contributed by atoms with Gasteiger partial charge in [-0.3, -0.25) is 0 Å². The third kappa shape index (κ3) is 2.69. The van der Waals surface area contributed by atoms with E-state index in [1.807, 2.05) is 31.2 Å². The SMILES string of the molecule is Cc1cccc(-c2ccc(B(O)O)cc2Cl)c1. The van der Waals surface area contributed by atoms with E-state index in [4.69, 9.17) is 21.6 Å². The largest absolute Gasteiger partial charge is 0.488 e. The van der Waals surface area contributed by atoms with Crippen LogP contribution in [-0.2, 0) is 0 Å². The van der Waals surface area contributed by atoms with Crippen LogP contribution in [0.1, 0.15) is 5.56 Å². The summed E-state index contributed by atoms with van der Waals surface area (Å²) in [6, 6.07) is 13.0. The van der Waals surface area contributed by atoms with Crippen molar-refractivity contribution in [2.24, 2.45) is 0 Å². The van der Waals surface area contributed by atoms with Gasteiger partial charge in [0.15, 0.2) is 0 Å². The molecule has 0 bridgehead atoms. The number of hydrogen-bond donors (Lipinski definition) is 2. The summed E-state index contributed by atoms with van der Waals surface area (Å²) in [4.78, 5) is 0. The molecule has 17 heavy (non-hydrogen) atoms. The van der Waals surface area contributed by atoms with Gasteiger partial charge in [0.05, 0.1) is 0 Å². The maximum absolute atomic E-state index is 9.05. The summed E-state index contributed by atoms with van der Waals surface area (Å²) in [6.45, 7) is 2.02. The number of halogens is 1. The molecule has 86 valence electrons. The lowest BCUT2D eigenvalue weighted by Gasteiger charge is -2.07. The predicted molar refractivity (Wildman–Crippen MR) is 71.5 cm³/mol. The number of hydrogen-bond acceptors (Lipinski definition) is 2. The molecule has 0 heterocycles. The minimum Gasteiger partial charge on any atom is -0.423 e. The molecule has 2 rings (SSSR count). The number of rotatable bonds is 2. The first kappa shape index (κ1) is 12.2. The molecule has 0 amide bonds. The molecule has 2 aromatic rings. The van der Waals surface area contributed by atoms with Crippen LogP contribution in [0.15, 0.2) is 42.5 Å². The van der Waals surface area contributed by atoms with Gasteiger partial charge in [0.1, 0.15) is 0 Å². The first-order chi connectivity index (χ1) is 8.08. The van der Waals surface area contributed by atoms with Crippen LogP contribution in [0.2, 0.25) is 5.02 Å². The summed E-state index contributed by atoms with van der Waals surface area (Å²) < 4.78 is 0. The van der Waals surface area contributed by atoms with Gasteiger partial charge in [-0.25, -0.2) is 0 Å². The molecule has 0 saturated carbocycles. The van der Waals surface area contributed by atoms with Crippen molar-refractivity contribution >= 4 is 24.2 Å². The van der Waals surface area contributed by atoms with Gasteiger partial charge >= 0.3 is 7.12 Å². The van der Waals surface area contributed by atoms with Crippen molar-refractivity contribution in [3.05, 3.63) is 53.1 Å². The topological polar surface area (TPSA) is 40.5 Å². The number of benzene rings is 2. The van der Waals surface area contributed by atoms with Crippen molar-refractivity contribution in [2.75, 3.05) is 0 Å². The molecule has 0 unspecified atom stereocenters. The average Bonchev–Trinajstić information content (AvgIpc) is 2.28. The zero-order chi connectivity index (χ0) is 12.4. The third-order valence-electron chi connectivity index (χ3n) is 2.62. The van der Waals surface area contributed by atoms with Crippen molar-refractivity contribution < 1.29 is 10.0 Å². The van der Waals surface area contributed by atoms with Crippen LogP contribution in [0, 0.1) is 6.92 Å². The molecular weight excluding hydrogens is 234 g/mol. The molecule has 2 N–H and O–H groups in total. The van der Waals surface area contributed by atoms with Crippen molar-refractivity contribution in [1.29, 1.82) is 0 Å². The lowest BCUT2D eigenvalue weighted by atomic mass is 9.80. The van der Waals surface area contributed by atoms with Gasteiger partial charge in [-0.1, -0.05) is 53.6 Å². The van der Waals surface area contributed by atoms with E-state index in [-0.39, 0.29) is 0 Å². The summed E-state index contributed by atoms with van der Waals surface area (Å²) in [7, 11) is -1.49. The standard InChI is InChI=1S/C13H12BClO2/c1-9-3-2-4-10(7-9)12-6-5-11(14(16)17)8-13(12)15/h2-8,16-17H,1H3. The molecule has 4 heteroatoms. The normalized spacial score (nSPS) is 10.4. The lowest BCUT2D eigenvalue weighted by molar-refractivity contribution is 0.426. The molecule has 0 saturated heterocycles. The second kappa shape index (κ2) is 4.92. The van der Waals surface area contributed by atoms with Crippen molar-refractivity contribution in [1.82, 2.24) is 0 Å². The quantitative estimate of drug-likeness (QED) is 0.796. The van der Waals surface area contributed by atoms with Gasteiger partial charge in [0.25, 0.3) is 0 Å². The van der Waals surface area contributed by atoms with Crippen LogP contribution >= 0.6 is 11.6 Å². The van der Waals surface area contributed by atoms with E-state index in [0.29, 0.717) is 10.5 Å². The maximum atomic E-state index is 9.05. The molecule has 0 fully saturated rings. The van der Waals surface area contributed by atoms with Gasteiger partial charge in [-0.15, -0.1) is 0 Å². The highest BCUT2D eigenvalue weighted by Crippen LogP contribution is 2.27. The van der Waals surface area contributed by atoms with Crippen molar-refractivity contribution in [3.8, 4) is 11.1 Å². The lowest BCUT2D eigenvalue weighted by Crippen LogP contribution is -2.29. The summed E-state index contributed by atoms with van der Waals surface area (Å²) in [5, 5.41) is 18.6. The average molecular weight is 247 g/mol. The van der Waals surface area contributed by atoms with Crippen LogP contribution < -0.4 is 5.46 Å². The Hall–Kier alpha value is -1.29. The Labute approximate surface area is 106 Å². The van der Waals surface area contributed by atoms with Gasteiger partial charge in [-0.2, -0.15) is 0 Å². The van der Waals surface area contributed by atoms with E-state index >= 15 is 0 Å². The molecular formula is C13H12BClO2. The molecule has 2 nitrogen and oxygen atoms in total. The summed E-state index contributed by atoms with van der Waals surface area (Å²) in [6.07, 6.45) is 0. The minimum atomic E-state index is -1.49. The van der Waals surface area contributed by atoms with Gasteiger partial charge in [0.2, 0.25) is 0 Å². The Morgan fingerprint density at radius 3 is 2.41 bits per heavy atom. The molecule has 0 radical (unpaired) electrons. The summed E-state index contributed by atoms with van der Waals surface area (Å²) in [5.74, 6) is 0. The minimum absolute atomic E-state index is 0.395. The fraction of sp³-hybridized carbons (Fsp3) is 0.0769. The highest BCUT2D eigenvalue weighted by atomic mass is 35.5. The Morgan fingerprint density at radius 2 is 1.82 bits per heavy atom. The summed E-state index contributed by atoms with van der Waals surface area (Å²) in [5.41, 5.74) is 3.46. The van der Waals surface area contributed by atoms with E-state index in [0.717, 1.165) is 16.7 Å². The highest BCUT2D eigenvalue weighted by molar-refractivity contribution is 6.59. The molecule has 0 atom stereocenters. The van der Waals surface area contributed by atoms with E-state index in [9.17, 15) is 0 Å². The third-order valence-corrected chi connectivity index (χ3v) is 2.93. The second-order valence-electron chi connectivity index (χ2n) is 3.98. The Balaban J connectivity index is 2.47. The zero-order valence-corrected chi connectivity index (χ0v) is 10.1. The van der Waals surface area contributed by atoms with Crippen LogP contribution in [0.3, 0.4) is 0 Å². The maximum Gasteiger partial charge on any atom is 0.488 e. The van der Waals surface area contributed by atoms with Crippen LogP contribution in [0.25, 0.3) is 11.1 Å².